The third kappa shape index (κ3) is 4.44. The summed E-state index contributed by atoms with van der Waals surface area (Å²) in [6.07, 6.45) is 0.869. The fourth-order valence-electron chi connectivity index (χ4n) is 1.87. The van der Waals surface area contributed by atoms with Crippen LogP contribution in [0.5, 0.6) is 5.75 Å². The summed E-state index contributed by atoms with van der Waals surface area (Å²) in [5.74, 6) is -1.52. The Labute approximate surface area is 131 Å². The highest BCUT2D eigenvalue weighted by atomic mass is 16.5. The topological polar surface area (TPSA) is 106 Å². The van der Waals surface area contributed by atoms with Gasteiger partial charge >= 0.3 is 5.97 Å². The fourth-order valence-corrected chi connectivity index (χ4v) is 1.87. The predicted octanol–water partition coefficient (Wildman–Crippen LogP) is 1.27. The number of esters is 1. The summed E-state index contributed by atoms with van der Waals surface area (Å²) in [4.78, 5) is 34.8. The molecule has 2 rings (SSSR count). The van der Waals surface area contributed by atoms with Gasteiger partial charge in [0, 0.05) is 13.0 Å². The lowest BCUT2D eigenvalue weighted by Crippen LogP contribution is -2.33. The Hall–Kier alpha value is -3.09. The molecule has 1 atom stereocenters. The molecule has 0 fully saturated rings. The third-order valence-electron chi connectivity index (χ3n) is 2.94. The second-order valence-corrected chi connectivity index (χ2v) is 4.75. The highest BCUT2D eigenvalue weighted by Gasteiger charge is 2.23. The van der Waals surface area contributed by atoms with Gasteiger partial charge in [-0.05, 0) is 5.56 Å². The van der Waals surface area contributed by atoms with E-state index in [4.69, 9.17) is 14.3 Å². The van der Waals surface area contributed by atoms with Crippen molar-refractivity contribution in [2.24, 2.45) is 0 Å². The largest absolute Gasteiger partial charge is 0.502 e. The van der Waals surface area contributed by atoms with E-state index in [2.05, 4.69) is 5.32 Å². The summed E-state index contributed by atoms with van der Waals surface area (Å²) in [5, 5.41) is 11.6. The van der Waals surface area contributed by atoms with Crippen molar-refractivity contribution in [3.8, 4) is 5.75 Å². The molecular formula is C16H15NO6. The van der Waals surface area contributed by atoms with Crippen molar-refractivity contribution in [2.45, 2.75) is 19.6 Å². The van der Waals surface area contributed by atoms with Crippen LogP contribution in [-0.2, 0) is 20.9 Å². The van der Waals surface area contributed by atoms with Gasteiger partial charge in [-0.15, -0.1) is 0 Å². The standard InChI is InChI=1S/C16H15NO6/c1-10(18)17-15(11-5-3-2-4-6-11)16(21)23-8-12-7-13(19)14(20)9-22-12/h2-7,9,15,20H,8H2,1H3,(H,17,18)/t15-/m0/s1. The molecule has 7 nitrogen and oxygen atoms in total. The first-order valence-corrected chi connectivity index (χ1v) is 6.76. The molecule has 0 radical (unpaired) electrons. The van der Waals surface area contributed by atoms with Gasteiger partial charge in [0.05, 0.1) is 0 Å². The number of hydrogen-bond donors (Lipinski definition) is 2. The first-order valence-electron chi connectivity index (χ1n) is 6.76. The van der Waals surface area contributed by atoms with E-state index in [0.29, 0.717) is 5.56 Å². The Morgan fingerprint density at radius 1 is 1.30 bits per heavy atom. The Morgan fingerprint density at radius 3 is 2.61 bits per heavy atom. The zero-order chi connectivity index (χ0) is 16.8. The summed E-state index contributed by atoms with van der Waals surface area (Å²) < 4.78 is 10.0. The molecule has 0 aliphatic carbocycles. The molecule has 0 unspecified atom stereocenters. The second-order valence-electron chi connectivity index (χ2n) is 4.75. The molecule has 0 saturated heterocycles. The smallest absolute Gasteiger partial charge is 0.333 e. The zero-order valence-electron chi connectivity index (χ0n) is 12.3. The van der Waals surface area contributed by atoms with Crippen LogP contribution < -0.4 is 10.7 Å². The monoisotopic (exact) mass is 317 g/mol. The van der Waals surface area contributed by atoms with Crippen molar-refractivity contribution >= 4 is 11.9 Å². The number of hydrogen-bond acceptors (Lipinski definition) is 6. The van der Waals surface area contributed by atoms with Gasteiger partial charge in [0.2, 0.25) is 11.3 Å². The summed E-state index contributed by atoms with van der Waals surface area (Å²) in [5.41, 5.74) is -0.0661. The van der Waals surface area contributed by atoms with Crippen LogP contribution in [0.3, 0.4) is 0 Å². The number of ether oxygens (including phenoxy) is 1. The minimum Gasteiger partial charge on any atom is -0.502 e. The van der Waals surface area contributed by atoms with Crippen molar-refractivity contribution in [1.29, 1.82) is 0 Å². The van der Waals surface area contributed by atoms with Gasteiger partial charge in [-0.3, -0.25) is 9.59 Å². The Morgan fingerprint density at radius 2 is 2.00 bits per heavy atom. The fraction of sp³-hybridized carbons (Fsp3) is 0.188. The molecule has 1 aromatic carbocycles. The van der Waals surface area contributed by atoms with Crippen molar-refractivity contribution in [3.05, 3.63) is 64.2 Å². The minimum atomic E-state index is -0.961. The number of benzene rings is 1. The predicted molar refractivity (Wildman–Crippen MR) is 79.4 cm³/mol. The van der Waals surface area contributed by atoms with Gasteiger partial charge in [0.25, 0.3) is 0 Å². The highest BCUT2D eigenvalue weighted by Crippen LogP contribution is 2.15. The van der Waals surface area contributed by atoms with Gasteiger partial charge in [-0.1, -0.05) is 30.3 Å². The van der Waals surface area contributed by atoms with Gasteiger partial charge in [0.15, 0.2) is 11.8 Å². The molecule has 1 aromatic heterocycles. The Balaban J connectivity index is 2.10. The van der Waals surface area contributed by atoms with E-state index in [0.717, 1.165) is 12.3 Å². The Bertz CT molecular complexity index is 753. The van der Waals surface area contributed by atoms with Crippen molar-refractivity contribution < 1.29 is 23.8 Å². The third-order valence-corrected chi connectivity index (χ3v) is 2.94. The molecular weight excluding hydrogens is 302 g/mol. The molecule has 1 heterocycles. The van der Waals surface area contributed by atoms with Crippen molar-refractivity contribution in [2.75, 3.05) is 0 Å². The number of nitrogens with one attached hydrogen (secondary N) is 1. The van der Waals surface area contributed by atoms with E-state index in [-0.39, 0.29) is 18.3 Å². The molecule has 7 heteroatoms. The van der Waals surface area contributed by atoms with Crippen molar-refractivity contribution in [3.63, 3.8) is 0 Å². The van der Waals surface area contributed by atoms with Crippen LogP contribution in [0.2, 0.25) is 0 Å². The first kappa shape index (κ1) is 16.3. The van der Waals surface area contributed by atoms with Gasteiger partial charge in [0.1, 0.15) is 18.6 Å². The molecule has 2 N–H and O–H groups in total. The number of amides is 1. The van der Waals surface area contributed by atoms with Gasteiger partial charge < -0.3 is 19.6 Å². The van der Waals surface area contributed by atoms with Crippen LogP contribution in [-0.4, -0.2) is 17.0 Å². The lowest BCUT2D eigenvalue weighted by Gasteiger charge is -2.16. The molecule has 120 valence electrons. The quantitative estimate of drug-likeness (QED) is 0.804. The molecule has 0 spiro atoms. The van der Waals surface area contributed by atoms with Crippen LogP contribution >= 0.6 is 0 Å². The lowest BCUT2D eigenvalue weighted by molar-refractivity contribution is -0.149. The van der Waals surface area contributed by atoms with E-state index in [9.17, 15) is 14.4 Å². The molecule has 0 bridgehead atoms. The van der Waals surface area contributed by atoms with Gasteiger partial charge in [-0.25, -0.2) is 4.79 Å². The number of carbonyl (C=O) groups is 2. The zero-order valence-corrected chi connectivity index (χ0v) is 12.3. The maximum Gasteiger partial charge on any atom is 0.333 e. The van der Waals surface area contributed by atoms with E-state index >= 15 is 0 Å². The molecule has 0 aliphatic rings. The second kappa shape index (κ2) is 7.26. The number of aromatic hydroxyl groups is 1. The number of carbonyl (C=O) groups excluding carboxylic acids is 2. The average molecular weight is 317 g/mol. The van der Waals surface area contributed by atoms with Crippen LogP contribution in [0.25, 0.3) is 0 Å². The Kier molecular flexibility index (Phi) is 5.14. The molecule has 2 aromatic rings. The normalized spacial score (nSPS) is 11.5. The van der Waals surface area contributed by atoms with E-state index in [1.807, 2.05) is 0 Å². The maximum atomic E-state index is 12.2. The van der Waals surface area contributed by atoms with E-state index in [1.54, 1.807) is 30.3 Å². The molecule has 23 heavy (non-hydrogen) atoms. The lowest BCUT2D eigenvalue weighted by atomic mass is 10.1. The summed E-state index contributed by atoms with van der Waals surface area (Å²) in [6, 6.07) is 8.68. The SMILES string of the molecule is CC(=O)N[C@H](C(=O)OCc1cc(=O)c(O)co1)c1ccccc1. The van der Waals surface area contributed by atoms with Gasteiger partial charge in [-0.2, -0.15) is 0 Å². The minimum absolute atomic E-state index is 0.0794. The van der Waals surface area contributed by atoms with Crippen LogP contribution in [0.4, 0.5) is 0 Å². The first-order chi connectivity index (χ1) is 11.0. The summed E-state index contributed by atoms with van der Waals surface area (Å²) in [7, 11) is 0. The maximum absolute atomic E-state index is 12.2. The van der Waals surface area contributed by atoms with Crippen molar-refractivity contribution in [1.82, 2.24) is 5.32 Å². The van der Waals surface area contributed by atoms with Crippen LogP contribution in [0.15, 0.2) is 51.9 Å². The highest BCUT2D eigenvalue weighted by molar-refractivity contribution is 5.84. The molecule has 0 saturated carbocycles. The van der Waals surface area contributed by atoms with Crippen LogP contribution in [0.1, 0.15) is 24.3 Å². The van der Waals surface area contributed by atoms with E-state index in [1.165, 1.54) is 6.92 Å². The molecule has 1 amide bonds. The summed E-state index contributed by atoms with van der Waals surface area (Å²) >= 11 is 0. The number of rotatable bonds is 5. The van der Waals surface area contributed by atoms with Crippen LogP contribution in [0, 0.1) is 0 Å². The summed E-state index contributed by atoms with van der Waals surface area (Å²) in [6.45, 7) is 1.000. The molecule has 0 aliphatic heterocycles. The average Bonchev–Trinajstić information content (AvgIpc) is 2.54. The van der Waals surface area contributed by atoms with E-state index < -0.39 is 23.2 Å².